The molecule has 90 valence electrons. The first-order valence-electron chi connectivity index (χ1n) is 5.28. The number of halogens is 2. The highest BCUT2D eigenvalue weighted by Crippen LogP contribution is 2.27. The van der Waals surface area contributed by atoms with Crippen LogP contribution in [0.2, 0.25) is 0 Å². The van der Waals surface area contributed by atoms with Crippen molar-refractivity contribution in [1.82, 2.24) is 5.32 Å². The molecule has 0 amide bonds. The predicted octanol–water partition coefficient (Wildman–Crippen LogP) is 3.64. The molecule has 2 aromatic rings. The third-order valence-corrected chi connectivity index (χ3v) is 3.46. The highest BCUT2D eigenvalue weighted by molar-refractivity contribution is 7.08. The Morgan fingerprint density at radius 1 is 1.24 bits per heavy atom. The van der Waals surface area contributed by atoms with Gasteiger partial charge in [-0.3, -0.25) is 0 Å². The van der Waals surface area contributed by atoms with E-state index in [1.165, 1.54) is 23.5 Å². The lowest BCUT2D eigenvalue weighted by Crippen LogP contribution is -2.18. The van der Waals surface area contributed by atoms with E-state index in [4.69, 9.17) is 0 Å². The summed E-state index contributed by atoms with van der Waals surface area (Å²) in [6.45, 7) is 1.56. The maximum absolute atomic E-state index is 13.9. The van der Waals surface area contributed by atoms with Gasteiger partial charge >= 0.3 is 0 Å². The summed E-state index contributed by atoms with van der Waals surface area (Å²) in [6, 6.07) is 4.10. The van der Waals surface area contributed by atoms with E-state index in [0.717, 1.165) is 5.56 Å². The summed E-state index contributed by atoms with van der Waals surface area (Å²) in [5.41, 5.74) is 1.61. The molecule has 2 rings (SSSR count). The van der Waals surface area contributed by atoms with E-state index in [1.54, 1.807) is 14.0 Å². The smallest absolute Gasteiger partial charge is 0.128 e. The molecule has 1 N–H and O–H groups in total. The van der Waals surface area contributed by atoms with Gasteiger partial charge in [-0.2, -0.15) is 11.3 Å². The minimum Gasteiger partial charge on any atom is -0.309 e. The molecular weight excluding hydrogens is 240 g/mol. The number of benzene rings is 1. The van der Waals surface area contributed by atoms with Gasteiger partial charge in [-0.25, -0.2) is 8.78 Å². The van der Waals surface area contributed by atoms with Crippen LogP contribution >= 0.6 is 11.3 Å². The fraction of sp³-hybridized carbons (Fsp3) is 0.231. The molecule has 4 heteroatoms. The minimum atomic E-state index is -0.380. The van der Waals surface area contributed by atoms with Crippen molar-refractivity contribution in [2.45, 2.75) is 13.0 Å². The standard InChI is InChI=1S/C13H13F2NS/c1-8-5-12(15)10(6-11(8)14)13(16-2)9-3-4-17-7-9/h3-7,13,16H,1-2H3. The van der Waals surface area contributed by atoms with Crippen LogP contribution in [0.4, 0.5) is 8.78 Å². The number of hydrogen-bond acceptors (Lipinski definition) is 2. The van der Waals surface area contributed by atoms with Crippen LogP contribution in [0.5, 0.6) is 0 Å². The highest BCUT2D eigenvalue weighted by Gasteiger charge is 2.18. The number of rotatable bonds is 3. The first kappa shape index (κ1) is 12.2. The van der Waals surface area contributed by atoms with Crippen LogP contribution < -0.4 is 5.32 Å². The molecule has 0 saturated carbocycles. The third kappa shape index (κ3) is 2.37. The molecule has 0 fully saturated rings. The molecule has 1 nitrogen and oxygen atoms in total. The lowest BCUT2D eigenvalue weighted by atomic mass is 9.99. The molecule has 1 unspecified atom stereocenters. The third-order valence-electron chi connectivity index (χ3n) is 2.75. The van der Waals surface area contributed by atoms with Crippen LogP contribution in [0.1, 0.15) is 22.7 Å². The minimum absolute atomic E-state index is 0.309. The fourth-order valence-corrected chi connectivity index (χ4v) is 2.51. The number of nitrogens with one attached hydrogen (secondary N) is 1. The van der Waals surface area contributed by atoms with Crippen molar-refractivity contribution in [2.24, 2.45) is 0 Å². The van der Waals surface area contributed by atoms with E-state index in [-0.39, 0.29) is 17.7 Å². The second kappa shape index (κ2) is 4.94. The van der Waals surface area contributed by atoms with E-state index in [9.17, 15) is 8.78 Å². The summed E-state index contributed by atoms with van der Waals surface area (Å²) in [5, 5.41) is 6.86. The zero-order chi connectivity index (χ0) is 12.4. The van der Waals surface area contributed by atoms with Crippen LogP contribution in [-0.4, -0.2) is 7.05 Å². The van der Waals surface area contributed by atoms with E-state index >= 15 is 0 Å². The van der Waals surface area contributed by atoms with Crippen molar-refractivity contribution >= 4 is 11.3 Å². The second-order valence-corrected chi connectivity index (χ2v) is 4.68. The van der Waals surface area contributed by atoms with Gasteiger partial charge in [0.05, 0.1) is 6.04 Å². The van der Waals surface area contributed by atoms with Gasteiger partial charge in [0, 0.05) is 5.56 Å². The Morgan fingerprint density at radius 2 is 2.00 bits per heavy atom. The Bertz CT molecular complexity index is 508. The average Bonchev–Trinajstić information content (AvgIpc) is 2.80. The number of hydrogen-bond donors (Lipinski definition) is 1. The lowest BCUT2D eigenvalue weighted by molar-refractivity contribution is 0.554. The van der Waals surface area contributed by atoms with Crippen LogP contribution in [0.3, 0.4) is 0 Å². The molecule has 0 aliphatic carbocycles. The summed E-state index contributed by atoms with van der Waals surface area (Å²) >= 11 is 1.53. The van der Waals surface area contributed by atoms with E-state index in [2.05, 4.69) is 5.32 Å². The first-order chi connectivity index (χ1) is 8.13. The Kier molecular flexibility index (Phi) is 3.54. The second-order valence-electron chi connectivity index (χ2n) is 3.90. The van der Waals surface area contributed by atoms with Crippen molar-refractivity contribution in [1.29, 1.82) is 0 Å². The molecule has 0 radical (unpaired) electrons. The molecule has 1 heterocycles. The quantitative estimate of drug-likeness (QED) is 0.880. The van der Waals surface area contributed by atoms with Gasteiger partial charge in [-0.1, -0.05) is 0 Å². The number of thiophene rings is 1. The van der Waals surface area contributed by atoms with Gasteiger partial charge in [0.15, 0.2) is 0 Å². The normalized spacial score (nSPS) is 12.7. The van der Waals surface area contributed by atoms with Gasteiger partial charge < -0.3 is 5.32 Å². The molecule has 0 aliphatic rings. The van der Waals surface area contributed by atoms with Crippen LogP contribution in [0.15, 0.2) is 29.0 Å². The predicted molar refractivity (Wildman–Crippen MR) is 66.3 cm³/mol. The average molecular weight is 253 g/mol. The Labute approximate surface area is 103 Å². The van der Waals surface area contributed by atoms with Crippen LogP contribution in [0.25, 0.3) is 0 Å². The Hall–Kier alpha value is -1.26. The maximum atomic E-state index is 13.9. The van der Waals surface area contributed by atoms with Gasteiger partial charge in [-0.05, 0) is 54.1 Å². The molecule has 1 atom stereocenters. The molecule has 1 aromatic carbocycles. The van der Waals surface area contributed by atoms with Crippen molar-refractivity contribution in [3.63, 3.8) is 0 Å². The Balaban J connectivity index is 2.48. The van der Waals surface area contributed by atoms with Gasteiger partial charge in [0.25, 0.3) is 0 Å². The van der Waals surface area contributed by atoms with Gasteiger partial charge in [0.1, 0.15) is 11.6 Å². The van der Waals surface area contributed by atoms with Crippen molar-refractivity contribution in [3.8, 4) is 0 Å². The van der Waals surface area contributed by atoms with Crippen molar-refractivity contribution in [2.75, 3.05) is 7.05 Å². The first-order valence-corrected chi connectivity index (χ1v) is 6.22. The molecule has 17 heavy (non-hydrogen) atoms. The fourth-order valence-electron chi connectivity index (χ4n) is 1.82. The monoisotopic (exact) mass is 253 g/mol. The lowest BCUT2D eigenvalue weighted by Gasteiger charge is -2.17. The van der Waals surface area contributed by atoms with Crippen LogP contribution in [-0.2, 0) is 0 Å². The number of aryl methyl sites for hydroxylation is 1. The van der Waals surface area contributed by atoms with Crippen molar-refractivity contribution < 1.29 is 8.78 Å². The SMILES string of the molecule is CNC(c1ccsc1)c1cc(F)c(C)cc1F. The summed E-state index contributed by atoms with van der Waals surface area (Å²) in [4.78, 5) is 0. The van der Waals surface area contributed by atoms with Gasteiger partial charge in [-0.15, -0.1) is 0 Å². The summed E-state index contributed by atoms with van der Waals surface area (Å²) < 4.78 is 27.4. The topological polar surface area (TPSA) is 12.0 Å². The molecule has 0 aliphatic heterocycles. The molecule has 0 spiro atoms. The maximum Gasteiger partial charge on any atom is 0.128 e. The van der Waals surface area contributed by atoms with E-state index < -0.39 is 0 Å². The van der Waals surface area contributed by atoms with E-state index in [0.29, 0.717) is 11.1 Å². The summed E-state index contributed by atoms with van der Waals surface area (Å²) in [7, 11) is 1.74. The van der Waals surface area contributed by atoms with Crippen LogP contribution in [0, 0.1) is 18.6 Å². The molecule has 1 aromatic heterocycles. The Morgan fingerprint density at radius 3 is 2.59 bits per heavy atom. The molecule has 0 saturated heterocycles. The van der Waals surface area contributed by atoms with Gasteiger partial charge in [0.2, 0.25) is 0 Å². The summed E-state index contributed by atoms with van der Waals surface area (Å²) in [6.07, 6.45) is 0. The molecule has 0 bridgehead atoms. The largest absolute Gasteiger partial charge is 0.309 e. The zero-order valence-corrected chi connectivity index (χ0v) is 10.4. The zero-order valence-electron chi connectivity index (χ0n) is 9.63. The summed E-state index contributed by atoms with van der Waals surface area (Å²) in [5.74, 6) is -0.758. The molecular formula is C13H13F2NS. The van der Waals surface area contributed by atoms with Crippen molar-refractivity contribution in [3.05, 3.63) is 57.3 Å². The van der Waals surface area contributed by atoms with E-state index in [1.807, 2.05) is 16.8 Å². The highest BCUT2D eigenvalue weighted by atomic mass is 32.1.